The summed E-state index contributed by atoms with van der Waals surface area (Å²) in [5.74, 6) is -1.25. The monoisotopic (exact) mass is 396 g/mol. The van der Waals surface area contributed by atoms with Crippen LogP contribution >= 0.6 is 0 Å². The van der Waals surface area contributed by atoms with Crippen molar-refractivity contribution < 1.29 is 19.1 Å². The number of nitrogens with one attached hydrogen (secondary N) is 2. The van der Waals surface area contributed by atoms with Crippen LogP contribution in [0.3, 0.4) is 0 Å². The van der Waals surface area contributed by atoms with Crippen LogP contribution in [0, 0.1) is 12.3 Å². The molecule has 6 nitrogen and oxygen atoms in total. The third-order valence-electron chi connectivity index (χ3n) is 4.77. The number of hydrogen-bond acceptors (Lipinski definition) is 4. The predicted molar refractivity (Wildman–Crippen MR) is 114 cm³/mol. The number of para-hydroxylation sites is 1. The van der Waals surface area contributed by atoms with E-state index in [4.69, 9.17) is 4.74 Å². The number of carbonyl (C=O) groups excluding carboxylic acids is 3. The van der Waals surface area contributed by atoms with E-state index in [-0.39, 0.29) is 5.91 Å². The summed E-state index contributed by atoms with van der Waals surface area (Å²) in [6.07, 6.45) is 0.775. The summed E-state index contributed by atoms with van der Waals surface area (Å²) in [6.45, 7) is 9.12. The number of ether oxygens (including phenoxy) is 1. The van der Waals surface area contributed by atoms with E-state index < -0.39 is 17.3 Å². The molecule has 0 aromatic heterocycles. The second-order valence-electron chi connectivity index (χ2n) is 7.29. The molecular formula is C23H28N2O4. The van der Waals surface area contributed by atoms with Crippen LogP contribution in [-0.2, 0) is 20.7 Å². The lowest BCUT2D eigenvalue weighted by molar-refractivity contribution is -0.135. The second-order valence-corrected chi connectivity index (χ2v) is 7.29. The van der Waals surface area contributed by atoms with Gasteiger partial charge in [0.15, 0.2) is 0 Å². The van der Waals surface area contributed by atoms with Crippen molar-refractivity contribution in [3.63, 3.8) is 0 Å². The predicted octanol–water partition coefficient (Wildman–Crippen LogP) is 4.34. The Morgan fingerprint density at radius 1 is 0.931 bits per heavy atom. The van der Waals surface area contributed by atoms with Crippen molar-refractivity contribution in [2.45, 2.75) is 41.0 Å². The molecule has 0 aliphatic carbocycles. The zero-order valence-electron chi connectivity index (χ0n) is 17.6. The van der Waals surface area contributed by atoms with Gasteiger partial charge in [0.25, 0.3) is 0 Å². The maximum absolute atomic E-state index is 12.9. The van der Waals surface area contributed by atoms with E-state index in [0.717, 1.165) is 23.2 Å². The summed E-state index contributed by atoms with van der Waals surface area (Å²) >= 11 is 0. The van der Waals surface area contributed by atoms with Gasteiger partial charge in [-0.05, 0) is 69.5 Å². The number of hydrogen-bond donors (Lipinski definition) is 2. The summed E-state index contributed by atoms with van der Waals surface area (Å²) in [7, 11) is 0. The van der Waals surface area contributed by atoms with Crippen molar-refractivity contribution in [1.29, 1.82) is 0 Å². The topological polar surface area (TPSA) is 84.5 Å². The molecule has 29 heavy (non-hydrogen) atoms. The van der Waals surface area contributed by atoms with E-state index in [1.807, 2.05) is 32.0 Å². The molecule has 2 aromatic carbocycles. The van der Waals surface area contributed by atoms with E-state index in [9.17, 15) is 14.4 Å². The van der Waals surface area contributed by atoms with Crippen molar-refractivity contribution in [3.8, 4) is 0 Å². The molecule has 0 heterocycles. The lowest BCUT2D eigenvalue weighted by Crippen LogP contribution is -2.41. The van der Waals surface area contributed by atoms with Gasteiger partial charge in [0.1, 0.15) is 5.41 Å². The highest BCUT2D eigenvalue weighted by Crippen LogP contribution is 2.26. The van der Waals surface area contributed by atoms with Crippen molar-refractivity contribution in [2.24, 2.45) is 5.41 Å². The van der Waals surface area contributed by atoms with E-state index in [1.54, 1.807) is 45.0 Å². The van der Waals surface area contributed by atoms with Crippen LogP contribution in [0.4, 0.5) is 11.4 Å². The van der Waals surface area contributed by atoms with Crippen molar-refractivity contribution in [2.75, 3.05) is 17.2 Å². The van der Waals surface area contributed by atoms with Gasteiger partial charge >= 0.3 is 5.97 Å². The highest BCUT2D eigenvalue weighted by molar-refractivity contribution is 6.14. The van der Waals surface area contributed by atoms with Gasteiger partial charge in [-0.2, -0.15) is 0 Å². The highest BCUT2D eigenvalue weighted by Gasteiger charge is 2.36. The summed E-state index contributed by atoms with van der Waals surface area (Å²) in [4.78, 5) is 37.3. The van der Waals surface area contributed by atoms with Gasteiger partial charge in [0.2, 0.25) is 11.8 Å². The minimum atomic E-state index is -1.30. The van der Waals surface area contributed by atoms with Crippen molar-refractivity contribution in [3.05, 3.63) is 59.2 Å². The number of esters is 1. The van der Waals surface area contributed by atoms with Gasteiger partial charge in [0, 0.05) is 11.4 Å². The number of amides is 2. The average Bonchev–Trinajstić information content (AvgIpc) is 2.70. The molecule has 0 aliphatic heterocycles. The Balaban J connectivity index is 2.11. The first-order chi connectivity index (χ1) is 13.7. The minimum absolute atomic E-state index is 0.293. The number of anilines is 2. The molecule has 154 valence electrons. The van der Waals surface area contributed by atoms with E-state index >= 15 is 0 Å². The van der Waals surface area contributed by atoms with Crippen LogP contribution in [0.15, 0.2) is 42.5 Å². The fraction of sp³-hybridized carbons (Fsp3) is 0.348. The second kappa shape index (κ2) is 9.37. The lowest BCUT2D eigenvalue weighted by atomic mass is 9.90. The van der Waals surface area contributed by atoms with Crippen molar-refractivity contribution in [1.82, 2.24) is 0 Å². The molecule has 2 N–H and O–H groups in total. The van der Waals surface area contributed by atoms with Gasteiger partial charge < -0.3 is 15.4 Å². The first-order valence-electron chi connectivity index (χ1n) is 9.69. The quantitative estimate of drug-likeness (QED) is 0.539. The molecular weight excluding hydrogens is 368 g/mol. The molecule has 0 radical (unpaired) electrons. The normalized spacial score (nSPS) is 10.9. The van der Waals surface area contributed by atoms with Crippen LogP contribution in [-0.4, -0.2) is 24.4 Å². The molecule has 0 bridgehead atoms. The zero-order chi connectivity index (χ0) is 21.6. The van der Waals surface area contributed by atoms with Crippen LogP contribution in [0.25, 0.3) is 0 Å². The minimum Gasteiger partial charge on any atom is -0.462 e. The zero-order valence-corrected chi connectivity index (χ0v) is 17.6. The van der Waals surface area contributed by atoms with E-state index in [0.29, 0.717) is 17.9 Å². The Labute approximate surface area is 171 Å². The van der Waals surface area contributed by atoms with Crippen LogP contribution in [0.1, 0.15) is 49.2 Å². The number of rotatable bonds is 7. The fourth-order valence-electron chi connectivity index (χ4n) is 2.77. The molecule has 0 spiro atoms. The molecule has 2 aromatic rings. The summed E-state index contributed by atoms with van der Waals surface area (Å²) in [6, 6.07) is 12.2. The first-order valence-corrected chi connectivity index (χ1v) is 9.69. The molecule has 0 fully saturated rings. The largest absolute Gasteiger partial charge is 0.462 e. The number of aryl methyl sites for hydroxylation is 2. The average molecular weight is 396 g/mol. The molecule has 2 amide bonds. The molecule has 0 atom stereocenters. The Morgan fingerprint density at radius 3 is 2.14 bits per heavy atom. The molecule has 0 saturated carbocycles. The smallest absolute Gasteiger partial charge is 0.338 e. The summed E-state index contributed by atoms with van der Waals surface area (Å²) in [5, 5.41) is 5.65. The summed E-state index contributed by atoms with van der Waals surface area (Å²) in [5.41, 5.74) is 2.31. The Morgan fingerprint density at radius 2 is 1.55 bits per heavy atom. The van der Waals surface area contributed by atoms with Crippen molar-refractivity contribution >= 4 is 29.2 Å². The maximum atomic E-state index is 12.9. The van der Waals surface area contributed by atoms with Gasteiger partial charge in [-0.3, -0.25) is 9.59 Å². The van der Waals surface area contributed by atoms with Gasteiger partial charge in [0.05, 0.1) is 12.2 Å². The number of benzene rings is 2. The van der Waals surface area contributed by atoms with E-state index in [2.05, 4.69) is 10.6 Å². The Kier molecular flexibility index (Phi) is 7.15. The molecule has 2 rings (SSSR count). The third kappa shape index (κ3) is 5.22. The third-order valence-corrected chi connectivity index (χ3v) is 4.77. The standard InChI is InChI=1S/C23H28N2O4/c1-6-16-10-8-9-15(3)19(16)25-22(28)23(4,5)21(27)24-18-13-11-17(12-14-18)20(26)29-7-2/h8-14H,6-7H2,1-5H3,(H,24,27)(H,25,28). The van der Waals surface area contributed by atoms with E-state index in [1.165, 1.54) is 0 Å². The highest BCUT2D eigenvalue weighted by atomic mass is 16.5. The van der Waals surface area contributed by atoms with Gasteiger partial charge in [-0.15, -0.1) is 0 Å². The van der Waals surface area contributed by atoms with Crippen LogP contribution in [0.2, 0.25) is 0 Å². The van der Waals surface area contributed by atoms with Gasteiger partial charge in [-0.25, -0.2) is 4.79 Å². The van der Waals surface area contributed by atoms with Crippen LogP contribution < -0.4 is 10.6 Å². The van der Waals surface area contributed by atoms with Crippen LogP contribution in [0.5, 0.6) is 0 Å². The van der Waals surface area contributed by atoms with Gasteiger partial charge in [-0.1, -0.05) is 25.1 Å². The lowest BCUT2D eigenvalue weighted by Gasteiger charge is -2.24. The maximum Gasteiger partial charge on any atom is 0.338 e. The Hall–Kier alpha value is -3.15. The SMILES string of the molecule is CCOC(=O)c1ccc(NC(=O)C(C)(C)C(=O)Nc2c(C)cccc2CC)cc1. The molecule has 0 unspecified atom stereocenters. The summed E-state index contributed by atoms with van der Waals surface area (Å²) < 4.78 is 4.94. The molecule has 0 aliphatic rings. The first kappa shape index (κ1) is 22.1. The Bertz CT molecular complexity index is 902. The fourth-order valence-corrected chi connectivity index (χ4v) is 2.77. The molecule has 0 saturated heterocycles. The molecule has 6 heteroatoms. The number of carbonyl (C=O) groups is 3.